The predicted octanol–water partition coefficient (Wildman–Crippen LogP) is 4.62. The van der Waals surface area contributed by atoms with Crippen molar-refractivity contribution in [2.24, 2.45) is 0 Å². The minimum absolute atomic E-state index is 0.112. The lowest BCUT2D eigenvalue weighted by Crippen LogP contribution is -2.45. The van der Waals surface area contributed by atoms with Crippen molar-refractivity contribution in [1.82, 2.24) is 5.32 Å². The van der Waals surface area contributed by atoms with Gasteiger partial charge < -0.3 is 10.1 Å². The van der Waals surface area contributed by atoms with Crippen LogP contribution in [0.3, 0.4) is 0 Å². The highest BCUT2D eigenvalue weighted by Gasteiger charge is 2.46. The molecule has 1 saturated heterocycles. The number of nitrogens with one attached hydrogen (secondary N) is 1. The van der Waals surface area contributed by atoms with Gasteiger partial charge in [0.2, 0.25) is 0 Å². The Labute approximate surface area is 134 Å². The van der Waals surface area contributed by atoms with Crippen LogP contribution in [0.1, 0.15) is 57.9 Å². The van der Waals surface area contributed by atoms with Crippen LogP contribution in [0.4, 0.5) is 0 Å². The minimum atomic E-state index is -0.112. The summed E-state index contributed by atoms with van der Waals surface area (Å²) in [5.74, 6) is 0. The van der Waals surface area contributed by atoms with E-state index >= 15 is 0 Å². The number of unbranched alkanes of at least 4 members (excludes halogenated alkanes) is 2. The number of ether oxygens (including phenoxy) is 1. The highest BCUT2D eigenvalue weighted by molar-refractivity contribution is 7.80. The Kier molecular flexibility index (Phi) is 6.04. The van der Waals surface area contributed by atoms with E-state index in [1.54, 1.807) is 0 Å². The molecular weight excluding hydrogens is 278 g/mol. The molecule has 2 nitrogen and oxygen atoms in total. The van der Waals surface area contributed by atoms with E-state index in [2.05, 4.69) is 49.5 Å². The summed E-state index contributed by atoms with van der Waals surface area (Å²) in [6.07, 6.45) is 7.94. The van der Waals surface area contributed by atoms with Crippen LogP contribution >= 0.6 is 12.2 Å². The van der Waals surface area contributed by atoms with Crippen molar-refractivity contribution in [2.75, 3.05) is 0 Å². The molecule has 116 valence electrons. The monoisotopic (exact) mass is 305 g/mol. The molecule has 1 atom stereocenters. The second-order valence-electron chi connectivity index (χ2n) is 6.05. The van der Waals surface area contributed by atoms with Gasteiger partial charge in [0, 0.05) is 0 Å². The van der Waals surface area contributed by atoms with Crippen LogP contribution < -0.4 is 5.32 Å². The van der Waals surface area contributed by atoms with Crippen LogP contribution in [0, 0.1) is 0 Å². The van der Waals surface area contributed by atoms with Gasteiger partial charge in [0.25, 0.3) is 5.17 Å². The Morgan fingerprint density at radius 2 is 1.71 bits per heavy atom. The highest BCUT2D eigenvalue weighted by Crippen LogP contribution is 2.35. The van der Waals surface area contributed by atoms with Crippen molar-refractivity contribution in [3.05, 3.63) is 35.9 Å². The summed E-state index contributed by atoms with van der Waals surface area (Å²) >= 11 is 5.33. The number of rotatable bonds is 8. The first-order chi connectivity index (χ1) is 10.2. The van der Waals surface area contributed by atoms with E-state index in [-0.39, 0.29) is 5.60 Å². The molecule has 1 N–H and O–H groups in total. The van der Waals surface area contributed by atoms with Crippen molar-refractivity contribution in [1.29, 1.82) is 0 Å². The third-order valence-corrected chi connectivity index (χ3v) is 4.61. The van der Waals surface area contributed by atoms with Gasteiger partial charge in [0.1, 0.15) is 5.60 Å². The molecular formula is C18H27NOS. The van der Waals surface area contributed by atoms with E-state index in [1.807, 2.05) is 0 Å². The van der Waals surface area contributed by atoms with E-state index < -0.39 is 0 Å². The Hall–Kier alpha value is -1.09. The van der Waals surface area contributed by atoms with Gasteiger partial charge in [-0.3, -0.25) is 0 Å². The summed E-state index contributed by atoms with van der Waals surface area (Å²) < 4.78 is 6.16. The lowest BCUT2D eigenvalue weighted by Gasteiger charge is -2.33. The van der Waals surface area contributed by atoms with Gasteiger partial charge in [-0.1, -0.05) is 57.0 Å². The molecule has 1 aromatic rings. The third-order valence-electron chi connectivity index (χ3n) is 4.41. The molecule has 2 rings (SSSR count). The highest BCUT2D eigenvalue weighted by atomic mass is 32.1. The van der Waals surface area contributed by atoms with Crippen molar-refractivity contribution in [3.63, 3.8) is 0 Å². The number of hydrogen-bond acceptors (Lipinski definition) is 2. The largest absolute Gasteiger partial charge is 0.462 e. The van der Waals surface area contributed by atoms with Gasteiger partial charge in [0.05, 0.1) is 6.04 Å². The second-order valence-corrected chi connectivity index (χ2v) is 6.42. The zero-order valence-corrected chi connectivity index (χ0v) is 14.0. The molecule has 1 aliphatic rings. The van der Waals surface area contributed by atoms with Crippen LogP contribution in [0.5, 0.6) is 0 Å². The van der Waals surface area contributed by atoms with E-state index in [0.29, 0.717) is 11.2 Å². The van der Waals surface area contributed by atoms with Gasteiger partial charge in [-0.05, 0) is 49.9 Å². The second kappa shape index (κ2) is 7.79. The summed E-state index contributed by atoms with van der Waals surface area (Å²) in [7, 11) is 0. The SMILES string of the molecule is CCCCC1(CCCC)OC(=S)N[C@H]1Cc1ccccc1. The van der Waals surface area contributed by atoms with Crippen molar-refractivity contribution in [3.8, 4) is 0 Å². The fraction of sp³-hybridized carbons (Fsp3) is 0.611. The Bertz CT molecular complexity index is 438. The van der Waals surface area contributed by atoms with Crippen LogP contribution in [-0.2, 0) is 11.2 Å². The minimum Gasteiger partial charge on any atom is -0.462 e. The average Bonchev–Trinajstić information content (AvgIpc) is 2.80. The first kappa shape index (κ1) is 16.3. The Morgan fingerprint density at radius 1 is 1.10 bits per heavy atom. The van der Waals surface area contributed by atoms with E-state index in [9.17, 15) is 0 Å². The van der Waals surface area contributed by atoms with E-state index in [0.717, 1.165) is 19.3 Å². The number of thiocarbonyl (C=S) groups is 1. The molecule has 0 unspecified atom stereocenters. The summed E-state index contributed by atoms with van der Waals surface area (Å²) in [6, 6.07) is 10.9. The first-order valence-electron chi connectivity index (χ1n) is 8.23. The molecule has 1 aromatic carbocycles. The van der Waals surface area contributed by atoms with Gasteiger partial charge in [0.15, 0.2) is 0 Å². The summed E-state index contributed by atoms with van der Waals surface area (Å²) in [4.78, 5) is 0. The van der Waals surface area contributed by atoms with Gasteiger partial charge in [-0.25, -0.2) is 0 Å². The molecule has 0 bridgehead atoms. The maximum Gasteiger partial charge on any atom is 0.257 e. The molecule has 21 heavy (non-hydrogen) atoms. The van der Waals surface area contributed by atoms with Crippen LogP contribution in [0.15, 0.2) is 30.3 Å². The fourth-order valence-electron chi connectivity index (χ4n) is 3.17. The molecule has 0 aromatic heterocycles. The summed E-state index contributed by atoms with van der Waals surface area (Å²) in [6.45, 7) is 4.47. The van der Waals surface area contributed by atoms with Crippen molar-refractivity contribution in [2.45, 2.75) is 70.4 Å². The predicted molar refractivity (Wildman–Crippen MR) is 92.5 cm³/mol. The van der Waals surface area contributed by atoms with Crippen LogP contribution in [0.2, 0.25) is 0 Å². The normalized spacial score (nSPS) is 20.1. The zero-order chi connectivity index (χ0) is 15.1. The Morgan fingerprint density at radius 3 is 2.29 bits per heavy atom. The molecule has 3 heteroatoms. The summed E-state index contributed by atoms with van der Waals surface area (Å²) in [5, 5.41) is 4.01. The lowest BCUT2D eigenvalue weighted by molar-refractivity contribution is 0.0409. The number of hydrogen-bond donors (Lipinski definition) is 1. The molecule has 0 spiro atoms. The average molecular weight is 305 g/mol. The zero-order valence-electron chi connectivity index (χ0n) is 13.2. The maximum absolute atomic E-state index is 6.16. The quantitative estimate of drug-likeness (QED) is 0.708. The smallest absolute Gasteiger partial charge is 0.257 e. The standard InChI is InChI=1S/C18H27NOS/c1-3-5-12-18(13-6-4-2)16(19-17(21)20-18)14-15-10-8-7-9-11-15/h7-11,16H,3-6,12-14H2,1-2H3,(H,19,21)/t16-/m0/s1. The number of benzene rings is 1. The molecule has 0 aliphatic carbocycles. The van der Waals surface area contributed by atoms with Crippen LogP contribution in [0.25, 0.3) is 0 Å². The molecule has 0 radical (unpaired) electrons. The molecule has 1 aliphatic heterocycles. The fourth-order valence-corrected chi connectivity index (χ4v) is 3.48. The topological polar surface area (TPSA) is 21.3 Å². The molecule has 0 saturated carbocycles. The lowest BCUT2D eigenvalue weighted by atomic mass is 9.81. The maximum atomic E-state index is 6.16. The molecule has 0 amide bonds. The third kappa shape index (κ3) is 4.19. The Balaban J connectivity index is 2.15. The van der Waals surface area contributed by atoms with E-state index in [1.165, 1.54) is 31.2 Å². The van der Waals surface area contributed by atoms with Crippen molar-refractivity contribution >= 4 is 17.4 Å². The molecule has 1 heterocycles. The van der Waals surface area contributed by atoms with Crippen molar-refractivity contribution < 1.29 is 4.74 Å². The first-order valence-corrected chi connectivity index (χ1v) is 8.64. The van der Waals surface area contributed by atoms with Gasteiger partial charge in [-0.2, -0.15) is 0 Å². The van der Waals surface area contributed by atoms with Crippen LogP contribution in [-0.4, -0.2) is 16.8 Å². The van der Waals surface area contributed by atoms with E-state index in [4.69, 9.17) is 17.0 Å². The summed E-state index contributed by atoms with van der Waals surface area (Å²) in [5.41, 5.74) is 1.24. The van der Waals surface area contributed by atoms with Gasteiger partial charge in [-0.15, -0.1) is 0 Å². The molecule has 1 fully saturated rings. The van der Waals surface area contributed by atoms with Gasteiger partial charge >= 0.3 is 0 Å².